The monoisotopic (exact) mass is 372 g/mol. The van der Waals surface area contributed by atoms with Crippen molar-refractivity contribution in [3.8, 4) is 17.2 Å². The van der Waals surface area contributed by atoms with Gasteiger partial charge >= 0.3 is 0 Å². The van der Waals surface area contributed by atoms with Crippen molar-refractivity contribution in [3.05, 3.63) is 48.0 Å². The number of anilines is 1. The average molecular weight is 372 g/mol. The predicted octanol–water partition coefficient (Wildman–Crippen LogP) is 3.21. The van der Waals surface area contributed by atoms with Crippen LogP contribution in [0.4, 0.5) is 5.69 Å². The first-order valence-electron chi connectivity index (χ1n) is 8.57. The molecule has 0 saturated carbocycles. The molecule has 1 aliphatic rings. The molecule has 1 fully saturated rings. The van der Waals surface area contributed by atoms with Crippen LogP contribution in [-0.2, 0) is 0 Å². The molecular weight excluding hydrogens is 348 g/mol. The summed E-state index contributed by atoms with van der Waals surface area (Å²) < 4.78 is 16.3. The van der Waals surface area contributed by atoms with Gasteiger partial charge in [-0.1, -0.05) is 30.4 Å². The highest BCUT2D eigenvalue weighted by molar-refractivity contribution is 7.80. The lowest BCUT2D eigenvalue weighted by atomic mass is 10.1. The number of para-hydroxylation sites is 1. The minimum Gasteiger partial charge on any atom is -0.496 e. The zero-order valence-corrected chi connectivity index (χ0v) is 16.2. The van der Waals surface area contributed by atoms with Gasteiger partial charge < -0.3 is 24.0 Å². The summed E-state index contributed by atoms with van der Waals surface area (Å²) in [6.45, 7) is 3.59. The minimum atomic E-state index is 0.629. The Morgan fingerprint density at radius 1 is 0.808 bits per heavy atom. The number of hydrogen-bond acceptors (Lipinski definition) is 5. The van der Waals surface area contributed by atoms with E-state index in [4.69, 9.17) is 26.4 Å². The fraction of sp³-hybridized carbons (Fsp3) is 0.350. The van der Waals surface area contributed by atoms with Gasteiger partial charge in [-0.3, -0.25) is 0 Å². The first-order valence-corrected chi connectivity index (χ1v) is 8.98. The number of hydrogen-bond donors (Lipinski definition) is 0. The summed E-state index contributed by atoms with van der Waals surface area (Å²) in [5.74, 6) is 1.97. The van der Waals surface area contributed by atoms with Crippen molar-refractivity contribution in [2.45, 2.75) is 0 Å². The van der Waals surface area contributed by atoms with E-state index in [1.165, 1.54) is 5.69 Å². The zero-order chi connectivity index (χ0) is 18.5. The molecule has 2 aromatic rings. The molecule has 3 rings (SSSR count). The first kappa shape index (κ1) is 18.3. The van der Waals surface area contributed by atoms with Gasteiger partial charge in [0.25, 0.3) is 0 Å². The van der Waals surface area contributed by atoms with Crippen LogP contribution in [0, 0.1) is 0 Å². The number of thiocarbonyl (C=S) groups is 1. The molecule has 1 aliphatic heterocycles. The second kappa shape index (κ2) is 8.27. The van der Waals surface area contributed by atoms with Crippen molar-refractivity contribution < 1.29 is 14.2 Å². The number of ether oxygens (including phenoxy) is 3. The Hall–Kier alpha value is -2.47. The molecule has 0 spiro atoms. The van der Waals surface area contributed by atoms with Crippen LogP contribution in [0.2, 0.25) is 0 Å². The second-order valence-corrected chi connectivity index (χ2v) is 6.41. The molecule has 1 heterocycles. The van der Waals surface area contributed by atoms with E-state index in [9.17, 15) is 0 Å². The smallest absolute Gasteiger partial charge is 0.164 e. The van der Waals surface area contributed by atoms with Gasteiger partial charge in [0.1, 0.15) is 10.7 Å². The molecule has 0 amide bonds. The van der Waals surface area contributed by atoms with Gasteiger partial charge in [-0.25, -0.2) is 0 Å². The van der Waals surface area contributed by atoms with Crippen molar-refractivity contribution in [2.75, 3.05) is 52.4 Å². The SMILES string of the molecule is COc1cc(OC)c(C(=S)N2CCN(c3ccccc3)CC2)cc1OC. The third-order valence-corrected chi connectivity index (χ3v) is 5.10. The molecule has 0 unspecified atom stereocenters. The Labute approximate surface area is 160 Å². The maximum Gasteiger partial charge on any atom is 0.164 e. The highest BCUT2D eigenvalue weighted by atomic mass is 32.1. The molecule has 5 nitrogen and oxygen atoms in total. The second-order valence-electron chi connectivity index (χ2n) is 6.02. The van der Waals surface area contributed by atoms with Gasteiger partial charge in [-0.15, -0.1) is 0 Å². The molecule has 2 aromatic carbocycles. The molecule has 26 heavy (non-hydrogen) atoms. The van der Waals surface area contributed by atoms with Gasteiger partial charge in [-0.2, -0.15) is 0 Å². The number of methoxy groups -OCH3 is 3. The van der Waals surface area contributed by atoms with E-state index < -0.39 is 0 Å². The molecule has 138 valence electrons. The molecule has 0 aromatic heterocycles. The standard InChI is InChI=1S/C20H24N2O3S/c1-23-17-14-19(25-3)18(24-2)13-16(17)20(26)22-11-9-21(10-12-22)15-7-5-4-6-8-15/h4-8,13-14H,9-12H2,1-3H3. The third kappa shape index (κ3) is 3.70. The summed E-state index contributed by atoms with van der Waals surface area (Å²) >= 11 is 5.77. The molecule has 0 atom stereocenters. The van der Waals surface area contributed by atoms with Gasteiger partial charge in [0.05, 0.1) is 26.9 Å². The average Bonchev–Trinajstić information content (AvgIpc) is 2.72. The summed E-state index contributed by atoms with van der Waals surface area (Å²) in [5, 5.41) is 0. The van der Waals surface area contributed by atoms with E-state index in [0.29, 0.717) is 17.2 Å². The van der Waals surface area contributed by atoms with Crippen molar-refractivity contribution in [2.24, 2.45) is 0 Å². The third-order valence-electron chi connectivity index (χ3n) is 4.62. The molecule has 6 heteroatoms. The normalized spacial score (nSPS) is 14.1. The van der Waals surface area contributed by atoms with Crippen LogP contribution >= 0.6 is 12.2 Å². The molecule has 0 aliphatic carbocycles. The number of benzene rings is 2. The maximum atomic E-state index is 5.77. The number of rotatable bonds is 5. The maximum absolute atomic E-state index is 5.77. The largest absolute Gasteiger partial charge is 0.496 e. The van der Waals surface area contributed by atoms with Crippen LogP contribution in [0.25, 0.3) is 0 Å². The van der Waals surface area contributed by atoms with Crippen molar-refractivity contribution in [1.29, 1.82) is 0 Å². The Morgan fingerprint density at radius 2 is 1.38 bits per heavy atom. The molecule has 0 N–H and O–H groups in total. The van der Waals surface area contributed by atoms with Crippen LogP contribution in [-0.4, -0.2) is 57.4 Å². The summed E-state index contributed by atoms with van der Waals surface area (Å²) in [6, 6.07) is 14.2. The highest BCUT2D eigenvalue weighted by Gasteiger charge is 2.23. The minimum absolute atomic E-state index is 0.629. The zero-order valence-electron chi connectivity index (χ0n) is 15.4. The van der Waals surface area contributed by atoms with E-state index >= 15 is 0 Å². The lowest BCUT2D eigenvalue weighted by Gasteiger charge is -2.37. The molecular formula is C20H24N2O3S. The molecule has 0 bridgehead atoms. The van der Waals surface area contributed by atoms with E-state index in [0.717, 1.165) is 36.7 Å². The summed E-state index contributed by atoms with van der Waals surface area (Å²) in [7, 11) is 4.87. The summed E-state index contributed by atoms with van der Waals surface area (Å²) in [5.41, 5.74) is 2.11. The quantitative estimate of drug-likeness (QED) is 0.750. The fourth-order valence-electron chi connectivity index (χ4n) is 3.17. The predicted molar refractivity (Wildman–Crippen MR) is 108 cm³/mol. The van der Waals surface area contributed by atoms with Gasteiger partial charge in [-0.05, 0) is 18.2 Å². The van der Waals surface area contributed by atoms with Crippen LogP contribution in [0.1, 0.15) is 5.56 Å². The van der Waals surface area contributed by atoms with Crippen LogP contribution < -0.4 is 19.1 Å². The van der Waals surface area contributed by atoms with Crippen LogP contribution in [0.3, 0.4) is 0 Å². The van der Waals surface area contributed by atoms with Crippen LogP contribution in [0.5, 0.6) is 17.2 Å². The fourth-order valence-corrected chi connectivity index (χ4v) is 3.52. The van der Waals surface area contributed by atoms with Gasteiger partial charge in [0.15, 0.2) is 11.5 Å². The molecule has 1 saturated heterocycles. The lowest BCUT2D eigenvalue weighted by Crippen LogP contribution is -2.48. The number of piperazine rings is 1. The summed E-state index contributed by atoms with van der Waals surface area (Å²) in [4.78, 5) is 5.37. The van der Waals surface area contributed by atoms with E-state index in [-0.39, 0.29) is 0 Å². The highest BCUT2D eigenvalue weighted by Crippen LogP contribution is 2.35. The lowest BCUT2D eigenvalue weighted by molar-refractivity contribution is 0.347. The van der Waals surface area contributed by atoms with Gasteiger partial charge in [0, 0.05) is 37.9 Å². The van der Waals surface area contributed by atoms with E-state index in [1.54, 1.807) is 21.3 Å². The Kier molecular flexibility index (Phi) is 5.83. The van der Waals surface area contributed by atoms with Crippen molar-refractivity contribution in [1.82, 2.24) is 4.90 Å². The Balaban J connectivity index is 1.76. The van der Waals surface area contributed by atoms with Crippen LogP contribution in [0.15, 0.2) is 42.5 Å². The Bertz CT molecular complexity index is 759. The van der Waals surface area contributed by atoms with E-state index in [2.05, 4.69) is 34.1 Å². The van der Waals surface area contributed by atoms with Crippen molar-refractivity contribution >= 4 is 22.9 Å². The van der Waals surface area contributed by atoms with E-state index in [1.807, 2.05) is 18.2 Å². The Morgan fingerprint density at radius 3 is 1.96 bits per heavy atom. The first-order chi connectivity index (χ1) is 12.7. The van der Waals surface area contributed by atoms with Crippen molar-refractivity contribution in [3.63, 3.8) is 0 Å². The summed E-state index contributed by atoms with van der Waals surface area (Å²) in [6.07, 6.45) is 0. The van der Waals surface area contributed by atoms with Gasteiger partial charge in [0.2, 0.25) is 0 Å². The number of nitrogens with zero attached hydrogens (tertiary/aromatic N) is 2. The molecule has 0 radical (unpaired) electrons. The topological polar surface area (TPSA) is 34.2 Å².